The van der Waals surface area contributed by atoms with Gasteiger partial charge in [0.05, 0.1) is 17.2 Å². The molecule has 0 atom stereocenters. The maximum atomic E-state index is 12.6. The molecule has 0 radical (unpaired) electrons. The Morgan fingerprint density at radius 3 is 2.64 bits per heavy atom. The Morgan fingerprint density at radius 2 is 1.93 bits per heavy atom. The molecule has 2 aromatic carbocycles. The molecule has 142 valence electrons. The summed E-state index contributed by atoms with van der Waals surface area (Å²) in [7, 11) is 3.67. The molecule has 0 saturated carbocycles. The van der Waals surface area contributed by atoms with E-state index in [0.29, 0.717) is 12.1 Å². The molecule has 0 unspecified atom stereocenters. The van der Waals surface area contributed by atoms with Crippen molar-refractivity contribution in [1.82, 2.24) is 24.6 Å². The van der Waals surface area contributed by atoms with Crippen LogP contribution in [0.1, 0.15) is 21.5 Å². The molecule has 4 aromatic rings. The highest BCUT2D eigenvalue weighted by Gasteiger charge is 2.13. The van der Waals surface area contributed by atoms with Crippen LogP contribution in [0.3, 0.4) is 0 Å². The van der Waals surface area contributed by atoms with E-state index in [1.807, 2.05) is 61.8 Å². The lowest BCUT2D eigenvalue weighted by atomic mass is 10.1. The molecule has 0 bridgehead atoms. The number of hydrogen-bond acceptors (Lipinski definition) is 4. The number of nitrogens with one attached hydrogen (secondary N) is 1. The number of carbonyl (C=O) groups excluding carboxylic acids is 1. The van der Waals surface area contributed by atoms with Gasteiger partial charge in [-0.15, -0.1) is 0 Å². The number of rotatable bonds is 6. The van der Waals surface area contributed by atoms with Crippen molar-refractivity contribution in [2.45, 2.75) is 17.5 Å². The fraction of sp³-hybridized carbons (Fsp3) is 0.190. The first-order valence-electron chi connectivity index (χ1n) is 8.98. The number of hydrogen-bond donors (Lipinski definition) is 1. The van der Waals surface area contributed by atoms with Gasteiger partial charge in [-0.05, 0) is 29.8 Å². The van der Waals surface area contributed by atoms with Crippen LogP contribution in [0.25, 0.3) is 11.0 Å². The number of benzene rings is 2. The lowest BCUT2D eigenvalue weighted by molar-refractivity contribution is 0.0785. The van der Waals surface area contributed by atoms with E-state index in [-0.39, 0.29) is 5.91 Å². The van der Waals surface area contributed by atoms with E-state index in [1.165, 1.54) is 0 Å². The zero-order chi connectivity index (χ0) is 19.5. The molecular weight excluding hydrogens is 370 g/mol. The monoisotopic (exact) mass is 391 g/mol. The number of aryl methyl sites for hydroxylation is 1. The molecule has 0 saturated heterocycles. The summed E-state index contributed by atoms with van der Waals surface area (Å²) in [6.07, 6.45) is 3.70. The van der Waals surface area contributed by atoms with E-state index in [1.54, 1.807) is 34.6 Å². The Kier molecular flexibility index (Phi) is 5.16. The van der Waals surface area contributed by atoms with Crippen molar-refractivity contribution in [3.8, 4) is 0 Å². The normalized spacial score (nSPS) is 11.1. The predicted octanol–water partition coefficient (Wildman–Crippen LogP) is 3.86. The zero-order valence-corrected chi connectivity index (χ0v) is 16.6. The highest BCUT2D eigenvalue weighted by Crippen LogP contribution is 2.23. The second-order valence-corrected chi connectivity index (χ2v) is 7.69. The number of fused-ring (bicyclic) bond motifs is 1. The molecule has 4 rings (SSSR count). The molecule has 0 aliphatic rings. The third-order valence-electron chi connectivity index (χ3n) is 4.47. The van der Waals surface area contributed by atoms with Gasteiger partial charge in [-0.3, -0.25) is 9.48 Å². The number of nitrogens with zero attached hydrogens (tertiary/aromatic N) is 4. The van der Waals surface area contributed by atoms with Crippen molar-refractivity contribution in [3.63, 3.8) is 0 Å². The topological polar surface area (TPSA) is 66.8 Å². The first kappa shape index (κ1) is 18.3. The van der Waals surface area contributed by atoms with Crippen LogP contribution >= 0.6 is 11.8 Å². The van der Waals surface area contributed by atoms with Crippen molar-refractivity contribution in [3.05, 3.63) is 77.6 Å². The number of imidazole rings is 1. The Morgan fingerprint density at radius 1 is 1.14 bits per heavy atom. The molecule has 7 heteroatoms. The zero-order valence-electron chi connectivity index (χ0n) is 15.8. The van der Waals surface area contributed by atoms with Gasteiger partial charge in [0, 0.05) is 43.7 Å². The van der Waals surface area contributed by atoms with Gasteiger partial charge in [0.2, 0.25) is 0 Å². The maximum absolute atomic E-state index is 12.6. The van der Waals surface area contributed by atoms with Gasteiger partial charge in [0.25, 0.3) is 5.91 Å². The van der Waals surface area contributed by atoms with Gasteiger partial charge in [0.1, 0.15) is 0 Å². The standard InChI is InChI=1S/C21H21N5OS/c1-25(12-16-11-22-26(2)13-16)20(27)17-9-7-15(8-10-17)14-28-21-23-18-5-3-4-6-19(18)24-21/h3-11,13H,12,14H2,1-2H3,(H,23,24). The van der Waals surface area contributed by atoms with E-state index in [0.717, 1.165) is 33.1 Å². The van der Waals surface area contributed by atoms with Crippen LogP contribution in [0.15, 0.2) is 66.1 Å². The fourth-order valence-corrected chi connectivity index (χ4v) is 3.85. The summed E-state index contributed by atoms with van der Waals surface area (Å²) in [5.74, 6) is 0.792. The number of H-pyrrole nitrogens is 1. The summed E-state index contributed by atoms with van der Waals surface area (Å²) in [4.78, 5) is 22.2. The van der Waals surface area contributed by atoms with E-state index in [4.69, 9.17) is 0 Å². The van der Waals surface area contributed by atoms with E-state index in [9.17, 15) is 4.79 Å². The molecule has 0 aliphatic carbocycles. The minimum Gasteiger partial charge on any atom is -0.337 e. The molecule has 2 heterocycles. The molecule has 28 heavy (non-hydrogen) atoms. The van der Waals surface area contributed by atoms with E-state index >= 15 is 0 Å². The van der Waals surface area contributed by atoms with Crippen LogP contribution in [0, 0.1) is 0 Å². The lowest BCUT2D eigenvalue weighted by Gasteiger charge is -2.16. The van der Waals surface area contributed by atoms with Crippen LogP contribution in [0.5, 0.6) is 0 Å². The number of carbonyl (C=O) groups is 1. The number of thioether (sulfide) groups is 1. The van der Waals surface area contributed by atoms with Gasteiger partial charge < -0.3 is 9.88 Å². The van der Waals surface area contributed by atoms with Crippen LogP contribution in [-0.4, -0.2) is 37.6 Å². The molecule has 1 N–H and O–H groups in total. The van der Waals surface area contributed by atoms with Gasteiger partial charge in [-0.1, -0.05) is 36.0 Å². The van der Waals surface area contributed by atoms with Crippen molar-refractivity contribution in [2.24, 2.45) is 7.05 Å². The number of para-hydroxylation sites is 2. The molecule has 0 fully saturated rings. The predicted molar refractivity (Wildman–Crippen MR) is 111 cm³/mol. The quantitative estimate of drug-likeness (QED) is 0.507. The summed E-state index contributed by atoms with van der Waals surface area (Å²) in [6, 6.07) is 15.8. The summed E-state index contributed by atoms with van der Waals surface area (Å²) in [6.45, 7) is 0.538. The van der Waals surface area contributed by atoms with Gasteiger partial charge in [-0.2, -0.15) is 5.10 Å². The summed E-state index contributed by atoms with van der Waals surface area (Å²) in [5.41, 5.74) is 4.86. The fourth-order valence-electron chi connectivity index (χ4n) is 3.01. The molecule has 0 spiro atoms. The molecular formula is C21H21N5OS. The van der Waals surface area contributed by atoms with Crippen molar-refractivity contribution >= 4 is 28.7 Å². The largest absolute Gasteiger partial charge is 0.337 e. The average molecular weight is 392 g/mol. The van der Waals surface area contributed by atoms with Gasteiger partial charge in [0.15, 0.2) is 5.16 Å². The lowest BCUT2D eigenvalue weighted by Crippen LogP contribution is -2.26. The average Bonchev–Trinajstić information content (AvgIpc) is 3.31. The van der Waals surface area contributed by atoms with Crippen molar-refractivity contribution < 1.29 is 4.79 Å². The van der Waals surface area contributed by atoms with Gasteiger partial charge in [-0.25, -0.2) is 4.98 Å². The van der Waals surface area contributed by atoms with Crippen LogP contribution in [0.2, 0.25) is 0 Å². The molecule has 0 aliphatic heterocycles. The number of aromatic amines is 1. The Balaban J connectivity index is 1.36. The first-order chi connectivity index (χ1) is 13.6. The Hall–Kier alpha value is -3.06. The van der Waals surface area contributed by atoms with E-state index < -0.39 is 0 Å². The summed E-state index contributed by atoms with van der Waals surface area (Å²) >= 11 is 1.65. The molecule has 6 nitrogen and oxygen atoms in total. The second kappa shape index (κ2) is 7.90. The molecule has 1 amide bonds. The van der Waals surface area contributed by atoms with Crippen molar-refractivity contribution in [2.75, 3.05) is 7.05 Å². The molecule has 2 aromatic heterocycles. The highest BCUT2D eigenvalue weighted by molar-refractivity contribution is 7.98. The third kappa shape index (κ3) is 4.09. The number of aromatic nitrogens is 4. The maximum Gasteiger partial charge on any atom is 0.253 e. The van der Waals surface area contributed by atoms with Crippen molar-refractivity contribution in [1.29, 1.82) is 0 Å². The van der Waals surface area contributed by atoms with Crippen LogP contribution in [-0.2, 0) is 19.3 Å². The SMILES string of the molecule is CN(Cc1cnn(C)c1)C(=O)c1ccc(CSc2nc3ccccc3[nH]2)cc1. The summed E-state index contributed by atoms with van der Waals surface area (Å²) in [5, 5.41) is 5.04. The Labute approximate surface area is 167 Å². The third-order valence-corrected chi connectivity index (χ3v) is 5.41. The van der Waals surface area contributed by atoms with Crippen LogP contribution in [0.4, 0.5) is 0 Å². The minimum absolute atomic E-state index is 0.000315. The van der Waals surface area contributed by atoms with E-state index in [2.05, 4.69) is 15.1 Å². The second-order valence-electron chi connectivity index (χ2n) is 6.73. The first-order valence-corrected chi connectivity index (χ1v) is 9.96. The smallest absolute Gasteiger partial charge is 0.253 e. The number of amides is 1. The highest BCUT2D eigenvalue weighted by atomic mass is 32.2. The summed E-state index contributed by atoms with van der Waals surface area (Å²) < 4.78 is 1.74. The Bertz CT molecular complexity index is 1070. The van der Waals surface area contributed by atoms with Crippen LogP contribution < -0.4 is 0 Å². The van der Waals surface area contributed by atoms with Gasteiger partial charge >= 0.3 is 0 Å². The minimum atomic E-state index is 0.000315.